The summed E-state index contributed by atoms with van der Waals surface area (Å²) in [5.41, 5.74) is 0. The molecule has 0 saturated carbocycles. The standard InChI is InChI=1S/C2H4Cl.2C2H5O.In/c3*1-2-3;/h1-2H2;2*2H2,1H3;/q;2*-1;+2. The molecule has 4 heteroatoms. The van der Waals surface area contributed by atoms with Crippen molar-refractivity contribution in [3.63, 3.8) is 0 Å². The molecule has 10 heavy (non-hydrogen) atoms. The van der Waals surface area contributed by atoms with Crippen LogP contribution in [0.1, 0.15) is 13.8 Å². The van der Waals surface area contributed by atoms with Crippen LogP contribution in [-0.4, -0.2) is 43.5 Å². The molecule has 0 aromatic carbocycles. The molecule has 0 atom stereocenters. The van der Waals surface area contributed by atoms with Gasteiger partial charge >= 0.3 is 46.0 Å². The zero-order chi connectivity index (χ0) is 8.83. The van der Waals surface area contributed by atoms with Crippen LogP contribution in [0.3, 0.4) is 0 Å². The minimum absolute atomic E-state index is 0. The van der Waals surface area contributed by atoms with E-state index in [4.69, 9.17) is 21.8 Å². The Morgan fingerprint density at radius 3 is 1.30 bits per heavy atom. The number of halogens is 1. The fourth-order valence-electron chi connectivity index (χ4n) is 0. The second kappa shape index (κ2) is 32.2. The fraction of sp³-hybridized carbons (Fsp3) is 1.00. The molecule has 0 aliphatic carbocycles. The van der Waals surface area contributed by atoms with Gasteiger partial charge in [0.05, 0.1) is 0 Å². The average Bonchev–Trinajstić information content (AvgIpc) is 1.91. The molecule has 0 aromatic heterocycles. The third-order valence-corrected chi connectivity index (χ3v) is 2.20. The first-order valence-electron chi connectivity index (χ1n) is 3.17. The van der Waals surface area contributed by atoms with Crippen LogP contribution >= 0.6 is 11.6 Å². The quantitative estimate of drug-likeness (QED) is 0.605. The van der Waals surface area contributed by atoms with Gasteiger partial charge in [-0.3, -0.25) is 0 Å². The van der Waals surface area contributed by atoms with Crippen molar-refractivity contribution in [1.82, 2.24) is 0 Å². The van der Waals surface area contributed by atoms with E-state index in [1.165, 1.54) is 28.6 Å². The molecule has 0 radical (unpaired) electrons. The van der Waals surface area contributed by atoms with Gasteiger partial charge in [0.15, 0.2) is 0 Å². The van der Waals surface area contributed by atoms with E-state index < -0.39 is 0 Å². The molecule has 0 aromatic rings. The minimum atomic E-state index is 0. The van der Waals surface area contributed by atoms with E-state index in [2.05, 4.69) is 0 Å². The summed E-state index contributed by atoms with van der Waals surface area (Å²) < 4.78 is 1.21. The van der Waals surface area contributed by atoms with Crippen LogP contribution in [0, 0.1) is 0 Å². The van der Waals surface area contributed by atoms with Gasteiger partial charge in [0.25, 0.3) is 0 Å². The molecule has 60 valence electrons. The summed E-state index contributed by atoms with van der Waals surface area (Å²) in [6, 6.07) is 0. The Morgan fingerprint density at radius 2 is 1.30 bits per heavy atom. The summed E-state index contributed by atoms with van der Waals surface area (Å²) in [5, 5.41) is 17.9. The molecule has 0 heterocycles. The summed E-state index contributed by atoms with van der Waals surface area (Å²) in [4.78, 5) is 0. The topological polar surface area (TPSA) is 46.1 Å². The van der Waals surface area contributed by atoms with Crippen LogP contribution in [-0.2, 0) is 0 Å². The summed E-state index contributed by atoms with van der Waals surface area (Å²) >= 11 is 6.53. The van der Waals surface area contributed by atoms with Gasteiger partial charge in [-0.05, 0) is 0 Å². The van der Waals surface area contributed by atoms with Gasteiger partial charge in [-0.2, -0.15) is 0 Å². The fourth-order valence-corrected chi connectivity index (χ4v) is 0. The monoisotopic (exact) mass is 268 g/mol. The molecule has 0 unspecified atom stereocenters. The Bertz CT molecular complexity index is 27.7. The molecule has 0 spiro atoms. The molecule has 0 fully saturated rings. The van der Waals surface area contributed by atoms with Crippen molar-refractivity contribution in [2.75, 3.05) is 19.1 Å². The van der Waals surface area contributed by atoms with Crippen LogP contribution in [0.4, 0.5) is 0 Å². The molecule has 0 aliphatic heterocycles. The Morgan fingerprint density at radius 1 is 1.20 bits per heavy atom. The molecule has 0 bridgehead atoms. The van der Waals surface area contributed by atoms with Gasteiger partial charge in [-0.25, -0.2) is 0 Å². The maximum atomic E-state index is 8.93. The molecule has 0 rings (SSSR count). The number of alkyl halides is 1. The SMILES string of the molecule is CC[O-].CC[O-].ClC[CH2][In+2]. The van der Waals surface area contributed by atoms with Gasteiger partial charge in [0.1, 0.15) is 0 Å². The predicted molar refractivity (Wildman–Crippen MR) is 42.4 cm³/mol. The predicted octanol–water partition coefficient (Wildman–Crippen LogP) is -0.455. The Kier molecular flexibility index (Phi) is 55.5. The third kappa shape index (κ3) is 137. The summed E-state index contributed by atoms with van der Waals surface area (Å²) in [7, 11) is 0. The van der Waals surface area contributed by atoms with Gasteiger partial charge in [-0.15, -0.1) is 13.2 Å². The number of hydrogen-bond donors (Lipinski definition) is 0. The van der Waals surface area contributed by atoms with Crippen molar-refractivity contribution in [3.05, 3.63) is 0 Å². The molecular formula is C6H14ClInO2. The van der Waals surface area contributed by atoms with Crippen LogP contribution in [0.15, 0.2) is 0 Å². The van der Waals surface area contributed by atoms with E-state index in [1.54, 1.807) is 13.8 Å². The molecule has 0 saturated heterocycles. The number of rotatable bonds is 1. The maximum absolute atomic E-state index is 8.93. The average molecular weight is 268 g/mol. The first-order valence-corrected chi connectivity index (χ1v) is 6.03. The zero-order valence-corrected chi connectivity index (χ0v) is 10.7. The number of hydrogen-bond acceptors (Lipinski definition) is 2. The van der Waals surface area contributed by atoms with Crippen molar-refractivity contribution in [2.45, 2.75) is 18.0 Å². The van der Waals surface area contributed by atoms with Crippen LogP contribution in [0.25, 0.3) is 0 Å². The second-order valence-electron chi connectivity index (χ2n) is 1.06. The van der Waals surface area contributed by atoms with Crippen LogP contribution in [0.2, 0.25) is 4.18 Å². The second-order valence-corrected chi connectivity index (χ2v) is 3.08. The van der Waals surface area contributed by atoms with Crippen molar-refractivity contribution < 1.29 is 10.2 Å². The van der Waals surface area contributed by atoms with Gasteiger partial charge in [-0.1, -0.05) is 13.8 Å². The van der Waals surface area contributed by atoms with Gasteiger partial charge in [0.2, 0.25) is 0 Å². The molecule has 0 N–H and O–H groups in total. The van der Waals surface area contributed by atoms with E-state index in [0.717, 1.165) is 5.88 Å². The van der Waals surface area contributed by atoms with Gasteiger partial charge < -0.3 is 10.2 Å². The molecule has 0 aliphatic rings. The van der Waals surface area contributed by atoms with Crippen molar-refractivity contribution in [2.24, 2.45) is 0 Å². The normalized spacial score (nSPS) is 6.70. The van der Waals surface area contributed by atoms with Crippen LogP contribution < -0.4 is 10.2 Å². The first kappa shape index (κ1) is 17.2. The third-order valence-electron chi connectivity index (χ3n) is 0.109. The van der Waals surface area contributed by atoms with Crippen molar-refractivity contribution in [1.29, 1.82) is 0 Å². The summed E-state index contributed by atoms with van der Waals surface area (Å²) in [5.74, 6) is 0.849. The Hall–Kier alpha value is 1.08. The Balaban J connectivity index is -0.0000000750. The van der Waals surface area contributed by atoms with E-state index in [0.29, 0.717) is 0 Å². The molecule has 0 amide bonds. The molecular weight excluding hydrogens is 254 g/mol. The first-order chi connectivity index (χ1) is 4.74. The van der Waals surface area contributed by atoms with E-state index >= 15 is 0 Å². The van der Waals surface area contributed by atoms with E-state index in [9.17, 15) is 0 Å². The van der Waals surface area contributed by atoms with Gasteiger partial charge in [0, 0.05) is 0 Å². The Labute approximate surface area is 83.2 Å². The van der Waals surface area contributed by atoms with E-state index in [-0.39, 0.29) is 13.2 Å². The van der Waals surface area contributed by atoms with Crippen molar-refractivity contribution >= 4 is 36.0 Å². The van der Waals surface area contributed by atoms with Crippen molar-refractivity contribution in [3.8, 4) is 0 Å². The zero-order valence-electron chi connectivity index (χ0n) is 6.60. The van der Waals surface area contributed by atoms with Crippen LogP contribution in [0.5, 0.6) is 0 Å². The van der Waals surface area contributed by atoms with E-state index in [1.807, 2.05) is 0 Å². The molecule has 2 nitrogen and oxygen atoms in total. The summed E-state index contributed by atoms with van der Waals surface area (Å²) in [6.07, 6.45) is 0. The summed E-state index contributed by atoms with van der Waals surface area (Å²) in [6.45, 7) is 3.14.